The second-order valence-corrected chi connectivity index (χ2v) is 10.3. The van der Waals surface area contributed by atoms with Crippen LogP contribution < -0.4 is 15.0 Å². The molecule has 210 valence electrons. The lowest BCUT2D eigenvalue weighted by molar-refractivity contribution is -0.710. The van der Waals surface area contributed by atoms with Crippen molar-refractivity contribution in [2.75, 3.05) is 25.4 Å². The minimum absolute atomic E-state index is 0.0323. The normalized spacial score (nSPS) is 15.8. The van der Waals surface area contributed by atoms with Crippen LogP contribution in [0.5, 0.6) is 5.75 Å². The number of unbranched alkanes of at least 4 members (excludes halogenated alkanes) is 1. The van der Waals surface area contributed by atoms with E-state index < -0.39 is 11.6 Å². The summed E-state index contributed by atoms with van der Waals surface area (Å²) in [6, 6.07) is 16.0. The average molecular weight is 562 g/mol. The number of carbonyl (C=O) groups excluding carboxylic acids is 1. The Bertz CT molecular complexity index is 1430. The van der Waals surface area contributed by atoms with Gasteiger partial charge in [0, 0.05) is 18.7 Å². The fourth-order valence-corrected chi connectivity index (χ4v) is 5.37. The van der Waals surface area contributed by atoms with E-state index in [-0.39, 0.29) is 27.7 Å². The third-order valence-electron chi connectivity index (χ3n) is 7.23. The number of aliphatic hydroxyl groups is 2. The van der Waals surface area contributed by atoms with Crippen molar-refractivity contribution >= 4 is 29.7 Å². The third kappa shape index (κ3) is 6.26. The van der Waals surface area contributed by atoms with E-state index in [2.05, 4.69) is 11.6 Å². The summed E-state index contributed by atoms with van der Waals surface area (Å²) >= 11 is 5.81. The first kappa shape index (κ1) is 29.0. The van der Waals surface area contributed by atoms with Crippen molar-refractivity contribution in [1.82, 2.24) is 9.88 Å². The Labute approximate surface area is 240 Å². The second-order valence-electron chi connectivity index (χ2n) is 9.95. The number of piperidine rings is 1. The van der Waals surface area contributed by atoms with Crippen LogP contribution in [0.2, 0.25) is 0 Å². The first-order valence-corrected chi connectivity index (χ1v) is 13.9. The van der Waals surface area contributed by atoms with Gasteiger partial charge in [-0.15, -0.1) is 0 Å². The van der Waals surface area contributed by atoms with Crippen LogP contribution in [0.1, 0.15) is 55.3 Å². The minimum atomic E-state index is -1.000. The number of allylic oxidation sites excluding steroid dienone is 1. The molecular weight excluding hydrogens is 524 g/mol. The summed E-state index contributed by atoms with van der Waals surface area (Å²) in [5.41, 5.74) is 6.98. The molecule has 2 heterocycles. The maximum Gasteiger partial charge on any atom is 0.272 e. The lowest BCUT2D eigenvalue weighted by atomic mass is 9.84. The molecule has 0 radical (unpaired) electrons. The number of amides is 1. The number of H-pyrrole nitrogens is 1. The van der Waals surface area contributed by atoms with E-state index in [0.29, 0.717) is 50.3 Å². The van der Waals surface area contributed by atoms with Crippen molar-refractivity contribution in [2.24, 2.45) is 0 Å². The van der Waals surface area contributed by atoms with Crippen molar-refractivity contribution in [3.8, 4) is 5.75 Å². The molecule has 8 nitrogen and oxygen atoms in total. The lowest BCUT2D eigenvalue weighted by Crippen LogP contribution is -2.54. The molecule has 0 bridgehead atoms. The molecule has 1 aliphatic heterocycles. The van der Waals surface area contributed by atoms with Gasteiger partial charge in [-0.3, -0.25) is 4.79 Å². The van der Waals surface area contributed by atoms with Gasteiger partial charge in [0.15, 0.2) is 0 Å². The monoisotopic (exact) mass is 561 g/mol. The number of nitrogens with two attached hydrogens (primary N) is 1. The van der Waals surface area contributed by atoms with Crippen molar-refractivity contribution in [1.29, 1.82) is 0 Å². The zero-order valence-electron chi connectivity index (χ0n) is 22.8. The molecule has 1 saturated heterocycles. The number of benzene rings is 2. The van der Waals surface area contributed by atoms with E-state index in [9.17, 15) is 15.0 Å². The van der Waals surface area contributed by atoms with Gasteiger partial charge >= 0.3 is 0 Å². The number of likely N-dealkylation sites (tertiary alicyclic amines) is 1. The van der Waals surface area contributed by atoms with E-state index >= 15 is 0 Å². The topological polar surface area (TPSA) is 116 Å². The molecule has 0 spiro atoms. The molecular formula is C31H37N4O4S+. The summed E-state index contributed by atoms with van der Waals surface area (Å²) in [7, 11) is 0. The smallest absolute Gasteiger partial charge is 0.272 e. The largest absolute Gasteiger partial charge is 0.507 e. The van der Waals surface area contributed by atoms with Gasteiger partial charge in [-0.25, -0.2) is 9.55 Å². The number of hydrogen-bond acceptors (Lipinski definition) is 6. The van der Waals surface area contributed by atoms with Gasteiger partial charge in [0.2, 0.25) is 22.8 Å². The highest BCUT2D eigenvalue weighted by Crippen LogP contribution is 2.34. The number of nitrogens with zero attached hydrogens (tertiary/aromatic N) is 2. The SMILES string of the molecule is C=CCOc1cccc(C(C(=O)N2CCC(O)(c3ccccc3)CC2)[n+]2c[nH]c(N)c(C(O)=CCCC)c2=S)c1. The predicted molar refractivity (Wildman–Crippen MR) is 158 cm³/mol. The number of nitrogens with one attached hydrogen (secondary N) is 1. The Morgan fingerprint density at radius 3 is 2.65 bits per heavy atom. The van der Waals surface area contributed by atoms with Crippen molar-refractivity contribution in [3.05, 3.63) is 101 Å². The first-order chi connectivity index (χ1) is 19.3. The van der Waals surface area contributed by atoms with Gasteiger partial charge in [0.1, 0.15) is 23.7 Å². The standard InChI is InChI=1S/C31H36N4O4S/c1-3-5-14-25(36)26-28(32)33-21-35(30(26)40)27(22-10-9-13-24(20-22)39-19-4-2)29(37)34-17-15-31(38,16-18-34)23-11-7-6-8-12-23/h4,6-14,20-21,27,38H,2-3,5,15-19H2,1H3,(H3,32,36,40)/p+1. The number of aliphatic hydroxyl groups excluding tert-OH is 1. The van der Waals surface area contributed by atoms with Crippen LogP contribution >= 0.6 is 12.2 Å². The Morgan fingerprint density at radius 2 is 1.98 bits per heavy atom. The Morgan fingerprint density at radius 1 is 1.25 bits per heavy atom. The molecule has 1 unspecified atom stereocenters. The van der Waals surface area contributed by atoms with Gasteiger partial charge in [-0.2, -0.15) is 0 Å². The van der Waals surface area contributed by atoms with E-state index in [0.717, 1.165) is 12.0 Å². The molecule has 1 aliphatic rings. The summed E-state index contributed by atoms with van der Waals surface area (Å²) in [6.45, 7) is 6.77. The number of carbonyl (C=O) groups is 1. The molecule has 9 heteroatoms. The van der Waals surface area contributed by atoms with Crippen LogP contribution in [0.3, 0.4) is 0 Å². The van der Waals surface area contributed by atoms with Crippen LogP contribution in [0.25, 0.3) is 5.76 Å². The number of hydrogen-bond donors (Lipinski definition) is 4. The summed E-state index contributed by atoms with van der Waals surface area (Å²) in [5.74, 6) is 0.582. The van der Waals surface area contributed by atoms with Crippen molar-refractivity contribution in [2.45, 2.75) is 44.2 Å². The predicted octanol–water partition coefficient (Wildman–Crippen LogP) is 4.98. The number of ether oxygens (including phenoxy) is 1. The summed E-state index contributed by atoms with van der Waals surface area (Å²) in [4.78, 5) is 19.0. The number of aromatic nitrogens is 2. The van der Waals surface area contributed by atoms with E-state index in [1.165, 1.54) is 0 Å². The number of anilines is 1. The molecule has 5 N–H and O–H groups in total. The fourth-order valence-electron chi connectivity index (χ4n) is 5.00. The highest BCUT2D eigenvalue weighted by Gasteiger charge is 2.39. The van der Waals surface area contributed by atoms with Gasteiger partial charge < -0.3 is 25.6 Å². The second kappa shape index (κ2) is 12.9. The van der Waals surface area contributed by atoms with Crippen LogP contribution in [0.15, 0.2) is 79.7 Å². The molecule has 0 saturated carbocycles. The molecule has 40 heavy (non-hydrogen) atoms. The van der Waals surface area contributed by atoms with Gasteiger partial charge in [-0.05, 0) is 55.3 Å². The van der Waals surface area contributed by atoms with Crippen LogP contribution in [0.4, 0.5) is 5.82 Å². The third-order valence-corrected chi connectivity index (χ3v) is 7.64. The molecule has 0 aliphatic carbocycles. The molecule has 1 atom stereocenters. The van der Waals surface area contributed by atoms with Crippen LogP contribution in [0, 0.1) is 4.64 Å². The van der Waals surface area contributed by atoms with Crippen LogP contribution in [-0.4, -0.2) is 45.7 Å². The molecule has 1 fully saturated rings. The van der Waals surface area contributed by atoms with Crippen molar-refractivity contribution < 1.29 is 24.3 Å². The fraction of sp³-hybridized carbons (Fsp3) is 0.323. The lowest BCUT2D eigenvalue weighted by Gasteiger charge is -2.39. The summed E-state index contributed by atoms with van der Waals surface area (Å²) in [5, 5.41) is 22.2. The van der Waals surface area contributed by atoms with E-state index in [4.69, 9.17) is 22.7 Å². The Balaban J connectivity index is 1.74. The van der Waals surface area contributed by atoms with Gasteiger partial charge in [0.05, 0.1) is 5.60 Å². The Kier molecular flexibility index (Phi) is 9.39. The van der Waals surface area contributed by atoms with Gasteiger partial charge in [-0.1, -0.05) is 68.5 Å². The Hall–Kier alpha value is -3.95. The number of aromatic amines is 1. The first-order valence-electron chi connectivity index (χ1n) is 13.5. The molecule has 4 rings (SSSR count). The molecule has 2 aromatic carbocycles. The maximum atomic E-state index is 14.3. The highest BCUT2D eigenvalue weighted by atomic mass is 32.1. The average Bonchev–Trinajstić information content (AvgIpc) is 2.97. The van der Waals surface area contributed by atoms with Crippen LogP contribution in [-0.2, 0) is 10.4 Å². The van der Waals surface area contributed by atoms with E-state index in [1.807, 2.05) is 55.5 Å². The number of nitrogen functional groups attached to an aromatic ring is 1. The quantitative estimate of drug-likeness (QED) is 0.120. The summed E-state index contributed by atoms with van der Waals surface area (Å²) in [6.07, 6.45) is 7.20. The van der Waals surface area contributed by atoms with Gasteiger partial charge in [0.25, 0.3) is 5.91 Å². The van der Waals surface area contributed by atoms with Crippen molar-refractivity contribution in [3.63, 3.8) is 0 Å². The zero-order chi connectivity index (χ0) is 28.7. The zero-order valence-corrected chi connectivity index (χ0v) is 23.6. The molecule has 3 aromatic rings. The highest BCUT2D eigenvalue weighted by molar-refractivity contribution is 7.71. The maximum absolute atomic E-state index is 14.3. The minimum Gasteiger partial charge on any atom is -0.507 e. The molecule has 1 aromatic heterocycles. The van der Waals surface area contributed by atoms with E-state index in [1.54, 1.807) is 34.0 Å². The summed E-state index contributed by atoms with van der Waals surface area (Å²) < 4.78 is 7.61. The number of rotatable bonds is 10. The molecule has 1 amide bonds.